The zero-order valence-corrected chi connectivity index (χ0v) is 11.4. The van der Waals surface area contributed by atoms with Crippen molar-refractivity contribution in [2.75, 3.05) is 13.1 Å². The average Bonchev–Trinajstić information content (AvgIpc) is 2.87. The van der Waals surface area contributed by atoms with Crippen LogP contribution in [0.2, 0.25) is 0 Å². The van der Waals surface area contributed by atoms with E-state index in [0.717, 1.165) is 30.5 Å². The van der Waals surface area contributed by atoms with Crippen molar-refractivity contribution in [1.82, 2.24) is 14.9 Å². The summed E-state index contributed by atoms with van der Waals surface area (Å²) in [6.07, 6.45) is 3.02. The Balaban J connectivity index is 1.72. The molecule has 3 rings (SSSR count). The molecule has 1 atom stereocenters. The van der Waals surface area contributed by atoms with Crippen molar-refractivity contribution in [2.45, 2.75) is 32.4 Å². The van der Waals surface area contributed by atoms with Gasteiger partial charge in [0, 0.05) is 19.1 Å². The standard InChI is InChI=1S/C15H19N3O/c1-11(2)18-8-7-12(10-18)19-15-9-16-13-5-3-4-6-14(13)17-15/h3-6,9,11-12H,7-8,10H2,1-2H3. The summed E-state index contributed by atoms with van der Waals surface area (Å²) in [5.74, 6) is 0.634. The van der Waals surface area contributed by atoms with Crippen molar-refractivity contribution in [1.29, 1.82) is 0 Å². The van der Waals surface area contributed by atoms with Gasteiger partial charge < -0.3 is 4.74 Å². The molecule has 1 unspecified atom stereocenters. The Hall–Kier alpha value is -1.68. The molecular weight excluding hydrogens is 238 g/mol. The second kappa shape index (κ2) is 5.13. The van der Waals surface area contributed by atoms with Gasteiger partial charge in [0.25, 0.3) is 0 Å². The van der Waals surface area contributed by atoms with Gasteiger partial charge in [-0.3, -0.25) is 4.90 Å². The van der Waals surface area contributed by atoms with Crippen LogP contribution in [0.15, 0.2) is 30.5 Å². The molecule has 1 fully saturated rings. The molecule has 0 spiro atoms. The van der Waals surface area contributed by atoms with E-state index in [1.807, 2.05) is 24.3 Å². The minimum Gasteiger partial charge on any atom is -0.472 e. The predicted octanol–water partition coefficient (Wildman–Crippen LogP) is 2.49. The van der Waals surface area contributed by atoms with E-state index in [0.29, 0.717) is 11.9 Å². The van der Waals surface area contributed by atoms with Gasteiger partial charge in [-0.15, -0.1) is 0 Å². The number of benzene rings is 1. The number of aromatic nitrogens is 2. The third-order valence-electron chi connectivity index (χ3n) is 3.62. The van der Waals surface area contributed by atoms with Gasteiger partial charge in [0.2, 0.25) is 5.88 Å². The normalized spacial score (nSPS) is 20.3. The fourth-order valence-electron chi connectivity index (χ4n) is 2.49. The average molecular weight is 257 g/mol. The molecule has 0 amide bonds. The number of hydrogen-bond donors (Lipinski definition) is 0. The molecule has 1 saturated heterocycles. The SMILES string of the molecule is CC(C)N1CCC(Oc2cnc3ccccc3n2)C1. The largest absolute Gasteiger partial charge is 0.472 e. The number of ether oxygens (including phenoxy) is 1. The minimum absolute atomic E-state index is 0.234. The highest BCUT2D eigenvalue weighted by Gasteiger charge is 2.25. The number of nitrogens with zero attached hydrogens (tertiary/aromatic N) is 3. The Morgan fingerprint density at radius 3 is 2.79 bits per heavy atom. The number of rotatable bonds is 3. The van der Waals surface area contributed by atoms with Gasteiger partial charge in [-0.2, -0.15) is 0 Å². The van der Waals surface area contributed by atoms with Crippen LogP contribution < -0.4 is 4.74 Å². The molecule has 4 nitrogen and oxygen atoms in total. The third-order valence-corrected chi connectivity index (χ3v) is 3.62. The van der Waals surface area contributed by atoms with Crippen LogP contribution in [0, 0.1) is 0 Å². The summed E-state index contributed by atoms with van der Waals surface area (Å²) in [7, 11) is 0. The van der Waals surface area contributed by atoms with Gasteiger partial charge in [-0.25, -0.2) is 9.97 Å². The first-order valence-electron chi connectivity index (χ1n) is 6.85. The first kappa shape index (κ1) is 12.4. The van der Waals surface area contributed by atoms with Gasteiger partial charge in [0.05, 0.1) is 17.2 Å². The first-order chi connectivity index (χ1) is 9.22. The molecule has 19 heavy (non-hydrogen) atoms. The van der Waals surface area contributed by atoms with Gasteiger partial charge in [-0.1, -0.05) is 12.1 Å². The smallest absolute Gasteiger partial charge is 0.233 e. The van der Waals surface area contributed by atoms with Gasteiger partial charge in [-0.05, 0) is 32.4 Å². The summed E-state index contributed by atoms with van der Waals surface area (Å²) >= 11 is 0. The van der Waals surface area contributed by atoms with E-state index in [1.54, 1.807) is 6.20 Å². The van der Waals surface area contributed by atoms with Crippen molar-refractivity contribution < 1.29 is 4.74 Å². The van der Waals surface area contributed by atoms with E-state index in [4.69, 9.17) is 4.74 Å². The molecule has 1 aliphatic rings. The predicted molar refractivity (Wildman–Crippen MR) is 75.3 cm³/mol. The van der Waals surface area contributed by atoms with Crippen LogP contribution in [0.1, 0.15) is 20.3 Å². The van der Waals surface area contributed by atoms with Crippen LogP contribution in [-0.4, -0.2) is 40.1 Å². The van der Waals surface area contributed by atoms with Gasteiger partial charge in [0.1, 0.15) is 6.10 Å². The van der Waals surface area contributed by atoms with E-state index in [-0.39, 0.29) is 6.10 Å². The molecule has 100 valence electrons. The minimum atomic E-state index is 0.234. The first-order valence-corrected chi connectivity index (χ1v) is 6.85. The molecule has 0 saturated carbocycles. The molecule has 0 N–H and O–H groups in total. The molecule has 2 aromatic rings. The zero-order chi connectivity index (χ0) is 13.2. The van der Waals surface area contributed by atoms with E-state index in [9.17, 15) is 0 Å². The highest BCUT2D eigenvalue weighted by molar-refractivity contribution is 5.73. The summed E-state index contributed by atoms with van der Waals surface area (Å²) < 4.78 is 5.95. The summed E-state index contributed by atoms with van der Waals surface area (Å²) in [5.41, 5.74) is 1.80. The number of para-hydroxylation sites is 2. The zero-order valence-electron chi connectivity index (χ0n) is 11.4. The van der Waals surface area contributed by atoms with Crippen LogP contribution in [0.4, 0.5) is 0 Å². The molecule has 1 aliphatic heterocycles. The summed E-state index contributed by atoms with van der Waals surface area (Å²) in [4.78, 5) is 11.3. The van der Waals surface area contributed by atoms with Crippen LogP contribution in [0.3, 0.4) is 0 Å². The molecule has 1 aromatic heterocycles. The van der Waals surface area contributed by atoms with Gasteiger partial charge in [0.15, 0.2) is 0 Å². The van der Waals surface area contributed by atoms with E-state index in [2.05, 4.69) is 28.7 Å². The summed E-state index contributed by atoms with van der Waals surface area (Å²) in [6, 6.07) is 8.44. The van der Waals surface area contributed by atoms with Crippen molar-refractivity contribution in [2.24, 2.45) is 0 Å². The van der Waals surface area contributed by atoms with Crippen LogP contribution in [0.25, 0.3) is 11.0 Å². The summed E-state index contributed by atoms with van der Waals surface area (Å²) in [5, 5.41) is 0. The molecule has 1 aromatic carbocycles. The molecule has 4 heteroatoms. The maximum atomic E-state index is 5.95. The third kappa shape index (κ3) is 2.68. The number of likely N-dealkylation sites (tertiary alicyclic amines) is 1. The van der Waals surface area contributed by atoms with Crippen molar-refractivity contribution in [3.63, 3.8) is 0 Å². The Kier molecular flexibility index (Phi) is 3.34. The molecular formula is C15H19N3O. The van der Waals surface area contributed by atoms with Crippen molar-refractivity contribution in [3.05, 3.63) is 30.5 Å². The molecule has 2 heterocycles. The second-order valence-electron chi connectivity index (χ2n) is 5.31. The molecule has 0 radical (unpaired) electrons. The van der Waals surface area contributed by atoms with Crippen LogP contribution in [0.5, 0.6) is 5.88 Å². The second-order valence-corrected chi connectivity index (χ2v) is 5.31. The Bertz CT molecular complexity index is 570. The lowest BCUT2D eigenvalue weighted by Crippen LogP contribution is -2.30. The molecule has 0 aliphatic carbocycles. The lowest BCUT2D eigenvalue weighted by Gasteiger charge is -2.20. The topological polar surface area (TPSA) is 38.2 Å². The highest BCUT2D eigenvalue weighted by Crippen LogP contribution is 2.19. The van der Waals surface area contributed by atoms with Crippen LogP contribution in [-0.2, 0) is 0 Å². The monoisotopic (exact) mass is 257 g/mol. The lowest BCUT2D eigenvalue weighted by molar-refractivity contribution is 0.181. The molecule has 0 bridgehead atoms. The van der Waals surface area contributed by atoms with Crippen molar-refractivity contribution >= 4 is 11.0 Å². The highest BCUT2D eigenvalue weighted by atomic mass is 16.5. The lowest BCUT2D eigenvalue weighted by atomic mass is 10.3. The Labute approximate surface area is 113 Å². The summed E-state index contributed by atoms with van der Waals surface area (Å²) in [6.45, 7) is 6.52. The van der Waals surface area contributed by atoms with Crippen LogP contribution >= 0.6 is 0 Å². The quantitative estimate of drug-likeness (QED) is 0.846. The fourth-order valence-corrected chi connectivity index (χ4v) is 2.49. The fraction of sp³-hybridized carbons (Fsp3) is 0.467. The van der Waals surface area contributed by atoms with E-state index >= 15 is 0 Å². The Morgan fingerprint density at radius 2 is 2.05 bits per heavy atom. The van der Waals surface area contributed by atoms with Crippen molar-refractivity contribution in [3.8, 4) is 5.88 Å². The number of fused-ring (bicyclic) bond motifs is 1. The maximum Gasteiger partial charge on any atom is 0.233 e. The van der Waals surface area contributed by atoms with Gasteiger partial charge >= 0.3 is 0 Å². The Morgan fingerprint density at radius 1 is 1.26 bits per heavy atom. The maximum absolute atomic E-state index is 5.95. The number of hydrogen-bond acceptors (Lipinski definition) is 4. The van der Waals surface area contributed by atoms with E-state index in [1.165, 1.54) is 0 Å². The van der Waals surface area contributed by atoms with E-state index < -0.39 is 0 Å².